The van der Waals surface area contributed by atoms with Crippen LogP contribution in [0.1, 0.15) is 11.1 Å². The summed E-state index contributed by atoms with van der Waals surface area (Å²) in [4.78, 5) is 15.8. The van der Waals surface area contributed by atoms with Gasteiger partial charge < -0.3 is 9.13 Å². The molecule has 0 saturated carbocycles. The van der Waals surface area contributed by atoms with E-state index in [1.807, 2.05) is 36.4 Å². The van der Waals surface area contributed by atoms with E-state index < -0.39 is 0 Å². The Morgan fingerprint density at radius 2 is 0.844 bits per heavy atom. The molecule has 5 heteroatoms. The molecule has 0 fully saturated rings. The molecule has 5 nitrogen and oxygen atoms in total. The zero-order valence-electron chi connectivity index (χ0n) is 35.4. The number of nitrogens with zero attached hydrogens (tertiary/aromatic N) is 5. The van der Waals surface area contributed by atoms with Gasteiger partial charge in [0.15, 0.2) is 17.5 Å². The Kier molecular flexibility index (Phi) is 8.87. The molecule has 0 amide bonds. The topological polar surface area (TPSA) is 48.5 Å². The summed E-state index contributed by atoms with van der Waals surface area (Å²) < 4.78 is 4.79. The fourth-order valence-corrected chi connectivity index (χ4v) is 9.66. The number of fused-ring (bicyclic) bond motifs is 6. The van der Waals surface area contributed by atoms with E-state index in [0.717, 1.165) is 61.3 Å². The number of para-hydroxylation sites is 4. The third-order valence-corrected chi connectivity index (χ3v) is 12.4. The highest BCUT2D eigenvalue weighted by molar-refractivity contribution is 6.14. The van der Waals surface area contributed by atoms with Crippen molar-refractivity contribution in [2.75, 3.05) is 0 Å². The first kappa shape index (κ1) is 37.4. The van der Waals surface area contributed by atoms with E-state index in [1.165, 1.54) is 43.8 Å². The predicted octanol–water partition coefficient (Wildman–Crippen LogP) is 15.0. The molecule has 9 aromatic carbocycles. The molecule has 12 aromatic rings. The Morgan fingerprint density at radius 3 is 1.52 bits per heavy atom. The van der Waals surface area contributed by atoms with E-state index >= 15 is 0 Å². The van der Waals surface area contributed by atoms with Crippen LogP contribution in [0.5, 0.6) is 0 Å². The van der Waals surface area contributed by atoms with E-state index in [4.69, 9.17) is 15.0 Å². The molecule has 0 aliphatic carbocycles. The first-order valence-electron chi connectivity index (χ1n) is 21.8. The van der Waals surface area contributed by atoms with Gasteiger partial charge in [0.1, 0.15) is 0 Å². The second-order valence-electron chi connectivity index (χ2n) is 16.6. The van der Waals surface area contributed by atoms with Crippen molar-refractivity contribution in [3.8, 4) is 67.8 Å². The summed E-state index contributed by atoms with van der Waals surface area (Å²) in [7, 11) is 0. The summed E-state index contributed by atoms with van der Waals surface area (Å²) >= 11 is 0. The lowest BCUT2D eigenvalue weighted by molar-refractivity contribution is 1.06. The molecule has 0 aliphatic rings. The van der Waals surface area contributed by atoms with Gasteiger partial charge in [-0.3, -0.25) is 0 Å². The van der Waals surface area contributed by atoms with Gasteiger partial charge in [0, 0.05) is 49.5 Å². The number of aryl methyl sites for hydroxylation is 2. The maximum absolute atomic E-state index is 5.36. The quantitative estimate of drug-likeness (QED) is 0.161. The average Bonchev–Trinajstić information content (AvgIpc) is 3.87. The molecule has 3 aromatic heterocycles. The molecular weight excluding hydrogens is 779 g/mol. The van der Waals surface area contributed by atoms with Crippen LogP contribution in [0.3, 0.4) is 0 Å². The standard InChI is InChI=1S/C59H41N5/c1-38-33-39(2)35-44(34-38)42-29-31-54-50(36-42)48-24-13-15-28-53(48)64(54)55-32-30-43(46-25-16-26-49-47-23-12-14-27-52(47)63(56(46)49)45-21-10-5-11-22-45)37-51(55)59-61-57(40-17-6-3-7-18-40)60-58(62-59)41-19-8-4-9-20-41/h3-37H,1-2H3. The first-order chi connectivity index (χ1) is 31.6. The van der Waals surface area contributed by atoms with Gasteiger partial charge in [0.05, 0.1) is 27.8 Å². The van der Waals surface area contributed by atoms with Crippen LogP contribution in [0.4, 0.5) is 0 Å². The van der Waals surface area contributed by atoms with Crippen molar-refractivity contribution >= 4 is 43.6 Å². The van der Waals surface area contributed by atoms with Crippen LogP contribution in [0.15, 0.2) is 212 Å². The number of rotatable bonds is 7. The highest BCUT2D eigenvalue weighted by Crippen LogP contribution is 2.43. The Hall–Kier alpha value is -8.41. The van der Waals surface area contributed by atoms with Gasteiger partial charge in [-0.25, -0.2) is 15.0 Å². The molecule has 0 saturated heterocycles. The molecule has 0 radical (unpaired) electrons. The van der Waals surface area contributed by atoms with E-state index in [2.05, 4.69) is 199 Å². The van der Waals surface area contributed by atoms with Gasteiger partial charge in [0.2, 0.25) is 0 Å². The van der Waals surface area contributed by atoms with Crippen molar-refractivity contribution < 1.29 is 0 Å². The molecule has 0 aliphatic heterocycles. The third kappa shape index (κ3) is 6.28. The Balaban J connectivity index is 1.17. The van der Waals surface area contributed by atoms with Crippen molar-refractivity contribution in [1.82, 2.24) is 24.1 Å². The monoisotopic (exact) mass is 819 g/mol. The second-order valence-corrected chi connectivity index (χ2v) is 16.6. The van der Waals surface area contributed by atoms with Crippen LogP contribution in [-0.2, 0) is 0 Å². The highest BCUT2D eigenvalue weighted by atomic mass is 15.1. The van der Waals surface area contributed by atoms with Crippen LogP contribution >= 0.6 is 0 Å². The Labute approximate surface area is 371 Å². The molecule has 302 valence electrons. The van der Waals surface area contributed by atoms with Crippen LogP contribution in [0.25, 0.3) is 111 Å². The number of benzene rings is 9. The van der Waals surface area contributed by atoms with Crippen LogP contribution in [-0.4, -0.2) is 24.1 Å². The lowest BCUT2D eigenvalue weighted by Crippen LogP contribution is -2.04. The summed E-state index contributed by atoms with van der Waals surface area (Å²) in [5.41, 5.74) is 16.5. The molecule has 0 N–H and O–H groups in total. The average molecular weight is 820 g/mol. The van der Waals surface area contributed by atoms with Gasteiger partial charge in [-0.05, 0) is 79.1 Å². The fraction of sp³-hybridized carbons (Fsp3) is 0.0339. The number of hydrogen-bond acceptors (Lipinski definition) is 3. The minimum Gasteiger partial charge on any atom is -0.309 e. The molecular formula is C59H41N5. The van der Waals surface area contributed by atoms with Gasteiger partial charge in [-0.15, -0.1) is 0 Å². The normalized spacial score (nSPS) is 11.6. The maximum atomic E-state index is 5.36. The van der Waals surface area contributed by atoms with Crippen molar-refractivity contribution in [1.29, 1.82) is 0 Å². The van der Waals surface area contributed by atoms with Crippen molar-refractivity contribution in [2.24, 2.45) is 0 Å². The summed E-state index contributed by atoms with van der Waals surface area (Å²) in [5.74, 6) is 1.83. The predicted molar refractivity (Wildman–Crippen MR) is 265 cm³/mol. The van der Waals surface area contributed by atoms with Gasteiger partial charge >= 0.3 is 0 Å². The van der Waals surface area contributed by atoms with Crippen LogP contribution < -0.4 is 0 Å². The summed E-state index contributed by atoms with van der Waals surface area (Å²) in [6, 6.07) is 75.7. The smallest absolute Gasteiger partial charge is 0.166 e. The minimum absolute atomic E-state index is 0.595. The van der Waals surface area contributed by atoms with Gasteiger partial charge in [0.25, 0.3) is 0 Å². The van der Waals surface area contributed by atoms with E-state index in [0.29, 0.717) is 17.5 Å². The third-order valence-electron chi connectivity index (χ3n) is 12.4. The molecule has 0 unspecified atom stereocenters. The van der Waals surface area contributed by atoms with Gasteiger partial charge in [-0.1, -0.05) is 175 Å². The zero-order valence-corrected chi connectivity index (χ0v) is 35.4. The van der Waals surface area contributed by atoms with E-state index in [1.54, 1.807) is 0 Å². The van der Waals surface area contributed by atoms with E-state index in [9.17, 15) is 0 Å². The molecule has 12 rings (SSSR count). The van der Waals surface area contributed by atoms with Crippen molar-refractivity contribution in [3.63, 3.8) is 0 Å². The van der Waals surface area contributed by atoms with Crippen molar-refractivity contribution in [2.45, 2.75) is 13.8 Å². The summed E-state index contributed by atoms with van der Waals surface area (Å²) in [6.45, 7) is 4.34. The van der Waals surface area contributed by atoms with Crippen LogP contribution in [0.2, 0.25) is 0 Å². The fourth-order valence-electron chi connectivity index (χ4n) is 9.66. The lowest BCUT2D eigenvalue weighted by atomic mass is 9.98. The molecule has 0 spiro atoms. The maximum Gasteiger partial charge on any atom is 0.166 e. The second kappa shape index (κ2) is 15.2. The summed E-state index contributed by atoms with van der Waals surface area (Å²) in [6.07, 6.45) is 0. The van der Waals surface area contributed by atoms with Crippen LogP contribution in [0, 0.1) is 13.8 Å². The molecule has 64 heavy (non-hydrogen) atoms. The largest absolute Gasteiger partial charge is 0.309 e. The first-order valence-corrected chi connectivity index (χ1v) is 21.8. The highest BCUT2D eigenvalue weighted by Gasteiger charge is 2.23. The van der Waals surface area contributed by atoms with Crippen molar-refractivity contribution in [3.05, 3.63) is 223 Å². The molecule has 0 bridgehead atoms. The summed E-state index contributed by atoms with van der Waals surface area (Å²) in [5, 5.41) is 4.77. The Morgan fingerprint density at radius 1 is 0.312 bits per heavy atom. The SMILES string of the molecule is Cc1cc(C)cc(-c2ccc3c(c2)c2ccccc2n3-c2ccc(-c3cccc4c5ccccc5n(-c5ccccc5)c34)cc2-c2nc(-c3ccccc3)nc(-c3ccccc3)n2)c1. The van der Waals surface area contributed by atoms with Gasteiger partial charge in [-0.2, -0.15) is 0 Å². The minimum atomic E-state index is 0.595. The number of hydrogen-bond donors (Lipinski definition) is 0. The lowest BCUT2D eigenvalue weighted by Gasteiger charge is -2.17. The molecule has 0 atom stereocenters. The molecule has 3 heterocycles. The van der Waals surface area contributed by atoms with E-state index in [-0.39, 0.29) is 0 Å². The Bertz CT molecular complexity index is 3660. The number of aromatic nitrogens is 5. The zero-order chi connectivity index (χ0) is 42.7.